The average Bonchev–Trinajstić information content (AvgIpc) is 2.03. The monoisotopic (exact) mass is 167 g/mol. The summed E-state index contributed by atoms with van der Waals surface area (Å²) in [6, 6.07) is 1.27. The highest BCUT2D eigenvalue weighted by molar-refractivity contribution is 5.36. The van der Waals surface area contributed by atoms with Gasteiger partial charge in [0.2, 0.25) is 5.88 Å². The lowest BCUT2D eigenvalue weighted by Crippen LogP contribution is -2.10. The van der Waals surface area contributed by atoms with Gasteiger partial charge in [0, 0.05) is 0 Å². The third-order valence-electron chi connectivity index (χ3n) is 1.13. The van der Waals surface area contributed by atoms with Gasteiger partial charge in [0.15, 0.2) is 5.56 Å². The van der Waals surface area contributed by atoms with Crippen molar-refractivity contribution >= 4 is 6.01 Å². The second-order valence-corrected chi connectivity index (χ2v) is 1.84. The highest BCUT2D eigenvalue weighted by Gasteiger charge is 2.11. The number of aromatic nitrogens is 1. The van der Waals surface area contributed by atoms with Gasteiger partial charge in [0.1, 0.15) is 6.07 Å². The van der Waals surface area contributed by atoms with Crippen LogP contribution in [-0.2, 0) is 0 Å². The van der Waals surface area contributed by atoms with Crippen molar-refractivity contribution in [1.29, 1.82) is 5.26 Å². The lowest BCUT2D eigenvalue weighted by atomic mass is 10.4. The summed E-state index contributed by atoms with van der Waals surface area (Å²) >= 11 is 0. The lowest BCUT2D eigenvalue weighted by molar-refractivity contribution is 0.380. The van der Waals surface area contributed by atoms with Crippen molar-refractivity contribution in [2.75, 3.05) is 12.8 Å². The van der Waals surface area contributed by atoms with Crippen molar-refractivity contribution in [3.05, 3.63) is 16.0 Å². The number of rotatable bonds is 1. The van der Waals surface area contributed by atoms with Crippen LogP contribution < -0.4 is 16.1 Å². The van der Waals surface area contributed by atoms with Crippen LogP contribution in [0.25, 0.3) is 0 Å². The molecule has 0 spiro atoms. The lowest BCUT2D eigenvalue weighted by Gasteiger charge is -1.98. The van der Waals surface area contributed by atoms with E-state index in [1.807, 2.05) is 0 Å². The summed E-state index contributed by atoms with van der Waals surface area (Å²) in [5.41, 5.74) is 3.96. The van der Waals surface area contributed by atoms with Crippen LogP contribution in [0.5, 0.6) is 5.88 Å². The molecular formula is C6H5N3O3. The number of ether oxygens (including phenoxy) is 1. The summed E-state index contributed by atoms with van der Waals surface area (Å²) in [7, 11) is 1.28. The molecule has 0 aliphatic carbocycles. The maximum Gasteiger partial charge on any atom is 0.362 e. The van der Waals surface area contributed by atoms with Gasteiger partial charge in [-0.1, -0.05) is 0 Å². The molecule has 62 valence electrons. The van der Waals surface area contributed by atoms with Crippen molar-refractivity contribution in [3.63, 3.8) is 0 Å². The Hall–Kier alpha value is -2.03. The highest BCUT2D eigenvalue weighted by Crippen LogP contribution is 2.10. The van der Waals surface area contributed by atoms with Gasteiger partial charge < -0.3 is 14.9 Å². The molecule has 6 heteroatoms. The van der Waals surface area contributed by atoms with Crippen LogP contribution in [0.3, 0.4) is 0 Å². The SMILES string of the molecule is COc1nc(N)oc(=O)c1C#N. The van der Waals surface area contributed by atoms with Crippen molar-refractivity contribution in [2.45, 2.75) is 0 Å². The Labute approximate surface area is 67.2 Å². The fraction of sp³-hybridized carbons (Fsp3) is 0.167. The summed E-state index contributed by atoms with van der Waals surface area (Å²) in [6.07, 6.45) is 0. The minimum Gasteiger partial charge on any atom is -0.480 e. The molecule has 1 aromatic rings. The number of hydrogen-bond donors (Lipinski definition) is 1. The first-order chi connectivity index (χ1) is 5.69. The maximum absolute atomic E-state index is 10.9. The summed E-state index contributed by atoms with van der Waals surface area (Å²) in [4.78, 5) is 14.4. The molecule has 1 heterocycles. The number of nitrogen functional groups attached to an aromatic ring is 1. The zero-order chi connectivity index (χ0) is 9.14. The molecule has 0 aliphatic rings. The van der Waals surface area contributed by atoms with Gasteiger partial charge in [-0.25, -0.2) is 4.79 Å². The first-order valence-electron chi connectivity index (χ1n) is 2.93. The third-order valence-corrected chi connectivity index (χ3v) is 1.13. The minimum absolute atomic E-state index is 0.119. The van der Waals surface area contributed by atoms with E-state index < -0.39 is 5.63 Å². The Morgan fingerprint density at radius 2 is 2.42 bits per heavy atom. The molecule has 12 heavy (non-hydrogen) atoms. The van der Waals surface area contributed by atoms with Crippen LogP contribution in [0, 0.1) is 11.3 Å². The van der Waals surface area contributed by atoms with Crippen molar-refractivity contribution in [2.24, 2.45) is 0 Å². The number of hydrogen-bond acceptors (Lipinski definition) is 6. The van der Waals surface area contributed by atoms with E-state index in [2.05, 4.69) is 14.1 Å². The van der Waals surface area contributed by atoms with Gasteiger partial charge in [-0.15, -0.1) is 0 Å². The van der Waals surface area contributed by atoms with Crippen LogP contribution in [-0.4, -0.2) is 12.1 Å². The molecule has 0 saturated heterocycles. The van der Waals surface area contributed by atoms with E-state index in [4.69, 9.17) is 11.0 Å². The fourth-order valence-corrected chi connectivity index (χ4v) is 0.653. The quantitative estimate of drug-likeness (QED) is 0.604. The van der Waals surface area contributed by atoms with Gasteiger partial charge in [-0.2, -0.15) is 10.2 Å². The Kier molecular flexibility index (Phi) is 1.96. The molecule has 0 atom stereocenters. The normalized spacial score (nSPS) is 9.00. The zero-order valence-corrected chi connectivity index (χ0v) is 6.20. The summed E-state index contributed by atoms with van der Waals surface area (Å²) in [5.74, 6) is -0.119. The highest BCUT2D eigenvalue weighted by atomic mass is 16.5. The van der Waals surface area contributed by atoms with E-state index in [1.165, 1.54) is 7.11 Å². The molecule has 0 unspecified atom stereocenters. The van der Waals surface area contributed by atoms with Gasteiger partial charge in [0.05, 0.1) is 7.11 Å². The Balaban J connectivity index is 3.47. The number of nitriles is 1. The molecule has 0 saturated carbocycles. The van der Waals surface area contributed by atoms with Gasteiger partial charge in [0.25, 0.3) is 6.01 Å². The van der Waals surface area contributed by atoms with E-state index in [1.54, 1.807) is 6.07 Å². The molecule has 6 nitrogen and oxygen atoms in total. The second-order valence-electron chi connectivity index (χ2n) is 1.84. The Morgan fingerprint density at radius 3 is 2.92 bits per heavy atom. The third kappa shape index (κ3) is 1.20. The predicted molar refractivity (Wildman–Crippen MR) is 38.5 cm³/mol. The molecule has 0 aliphatic heterocycles. The fourth-order valence-electron chi connectivity index (χ4n) is 0.653. The van der Waals surface area contributed by atoms with Crippen LogP contribution >= 0.6 is 0 Å². The predicted octanol–water partition coefficient (Wildman–Crippen LogP) is -0.503. The molecule has 1 rings (SSSR count). The van der Waals surface area contributed by atoms with Crippen LogP contribution in [0.15, 0.2) is 9.21 Å². The summed E-state index contributed by atoms with van der Waals surface area (Å²) < 4.78 is 8.97. The Bertz CT molecular complexity index is 390. The van der Waals surface area contributed by atoms with Crippen molar-refractivity contribution in [1.82, 2.24) is 4.98 Å². The van der Waals surface area contributed by atoms with E-state index in [0.29, 0.717) is 0 Å². The number of nitrogens with zero attached hydrogens (tertiary/aromatic N) is 2. The molecule has 0 bridgehead atoms. The Morgan fingerprint density at radius 1 is 1.75 bits per heavy atom. The molecular weight excluding hydrogens is 162 g/mol. The van der Waals surface area contributed by atoms with E-state index in [-0.39, 0.29) is 17.5 Å². The molecule has 0 amide bonds. The average molecular weight is 167 g/mol. The molecule has 1 aromatic heterocycles. The minimum atomic E-state index is -0.846. The smallest absolute Gasteiger partial charge is 0.362 e. The zero-order valence-electron chi connectivity index (χ0n) is 6.20. The van der Waals surface area contributed by atoms with Gasteiger partial charge in [-0.3, -0.25) is 0 Å². The molecule has 0 aromatic carbocycles. The van der Waals surface area contributed by atoms with Crippen LogP contribution in [0.1, 0.15) is 5.56 Å². The first kappa shape index (κ1) is 8.07. The van der Waals surface area contributed by atoms with Gasteiger partial charge >= 0.3 is 5.63 Å². The number of methoxy groups -OCH3 is 1. The maximum atomic E-state index is 10.9. The van der Waals surface area contributed by atoms with E-state index in [0.717, 1.165) is 0 Å². The molecule has 0 radical (unpaired) electrons. The van der Waals surface area contributed by atoms with Gasteiger partial charge in [-0.05, 0) is 0 Å². The number of anilines is 1. The molecule has 2 N–H and O–H groups in total. The topological polar surface area (TPSA) is 102 Å². The van der Waals surface area contributed by atoms with Crippen LogP contribution in [0.4, 0.5) is 6.01 Å². The second kappa shape index (κ2) is 2.92. The van der Waals surface area contributed by atoms with E-state index >= 15 is 0 Å². The summed E-state index contributed by atoms with van der Waals surface area (Å²) in [6.45, 7) is 0. The van der Waals surface area contributed by atoms with Crippen LogP contribution in [0.2, 0.25) is 0 Å². The van der Waals surface area contributed by atoms with E-state index in [9.17, 15) is 4.79 Å². The largest absolute Gasteiger partial charge is 0.480 e. The number of nitrogens with two attached hydrogens (primary N) is 1. The first-order valence-corrected chi connectivity index (χ1v) is 2.93. The van der Waals surface area contributed by atoms with Crippen molar-refractivity contribution in [3.8, 4) is 11.9 Å². The standard InChI is InChI=1S/C6H5N3O3/c1-11-4-3(2-7)5(10)12-6(8)9-4/h1H3,(H2,8,9). The molecule has 0 fully saturated rings. The summed E-state index contributed by atoms with van der Waals surface area (Å²) in [5, 5.41) is 8.45. The van der Waals surface area contributed by atoms with Crippen molar-refractivity contribution < 1.29 is 9.15 Å².